The fourth-order valence-corrected chi connectivity index (χ4v) is 3.13. The number of thiophene rings is 1. The summed E-state index contributed by atoms with van der Waals surface area (Å²) in [5.41, 5.74) is 5.43. The molecule has 0 amide bonds. The van der Waals surface area contributed by atoms with Gasteiger partial charge >= 0.3 is 11.9 Å². The normalized spacial score (nSPS) is 24.2. The third-order valence-corrected chi connectivity index (χ3v) is 4.22. The Morgan fingerprint density at radius 3 is 2.62 bits per heavy atom. The maximum absolute atomic E-state index is 12.0. The SMILES string of the molecule is CC(C)(C)OC(=O)[C@@H]1CN([C@H](C(=O)O)c2cccs2)[C@@H]1N. The Kier molecular flexibility index (Phi) is 4.36. The van der Waals surface area contributed by atoms with Gasteiger partial charge in [0, 0.05) is 11.4 Å². The molecule has 1 saturated heterocycles. The Morgan fingerprint density at radius 1 is 1.52 bits per heavy atom. The summed E-state index contributed by atoms with van der Waals surface area (Å²) >= 11 is 1.36. The standard InChI is InChI=1S/C14H20N2O4S/c1-14(2,3)20-13(19)8-7-16(11(8)15)10(12(17)18)9-5-4-6-21-9/h4-6,8,10-11H,7,15H2,1-3H3,(H,17,18)/t8-,10+,11+/m1/s1. The van der Waals surface area contributed by atoms with Crippen LogP contribution < -0.4 is 5.73 Å². The van der Waals surface area contributed by atoms with Gasteiger partial charge in [0.15, 0.2) is 0 Å². The second kappa shape index (κ2) is 5.75. The van der Waals surface area contributed by atoms with Gasteiger partial charge in [-0.1, -0.05) is 6.07 Å². The number of carbonyl (C=O) groups is 2. The maximum Gasteiger partial charge on any atom is 0.326 e. The summed E-state index contributed by atoms with van der Waals surface area (Å²) in [5.74, 6) is -1.82. The van der Waals surface area contributed by atoms with Crippen LogP contribution in [0.3, 0.4) is 0 Å². The van der Waals surface area contributed by atoms with Crippen molar-refractivity contribution in [2.24, 2.45) is 11.7 Å². The van der Waals surface area contributed by atoms with Crippen LogP contribution in [0.2, 0.25) is 0 Å². The van der Waals surface area contributed by atoms with Gasteiger partial charge in [-0.25, -0.2) is 0 Å². The topological polar surface area (TPSA) is 92.9 Å². The van der Waals surface area contributed by atoms with Gasteiger partial charge in [0.2, 0.25) is 0 Å². The van der Waals surface area contributed by atoms with Crippen molar-refractivity contribution < 1.29 is 19.4 Å². The van der Waals surface area contributed by atoms with E-state index in [1.54, 1.807) is 37.8 Å². The molecule has 0 radical (unpaired) electrons. The van der Waals surface area contributed by atoms with Crippen molar-refractivity contribution in [1.29, 1.82) is 0 Å². The van der Waals surface area contributed by atoms with Crippen LogP contribution in [0.4, 0.5) is 0 Å². The van der Waals surface area contributed by atoms with Gasteiger partial charge in [0.05, 0.1) is 12.1 Å². The van der Waals surface area contributed by atoms with Crippen molar-refractivity contribution in [1.82, 2.24) is 4.90 Å². The predicted molar refractivity (Wildman–Crippen MR) is 78.7 cm³/mol. The molecule has 0 unspecified atom stereocenters. The van der Waals surface area contributed by atoms with Gasteiger partial charge in [-0.05, 0) is 32.2 Å². The highest BCUT2D eigenvalue weighted by molar-refractivity contribution is 7.10. The third kappa shape index (κ3) is 3.42. The number of carbonyl (C=O) groups excluding carboxylic acids is 1. The van der Waals surface area contributed by atoms with Gasteiger partial charge < -0.3 is 15.6 Å². The van der Waals surface area contributed by atoms with E-state index in [-0.39, 0.29) is 5.97 Å². The van der Waals surface area contributed by atoms with Gasteiger partial charge in [-0.3, -0.25) is 14.5 Å². The minimum atomic E-state index is -0.962. The molecule has 0 aliphatic carbocycles. The maximum atomic E-state index is 12.0. The van der Waals surface area contributed by atoms with Crippen molar-refractivity contribution in [2.45, 2.75) is 38.6 Å². The first-order valence-electron chi connectivity index (χ1n) is 6.71. The minimum absolute atomic E-state index is 0.297. The molecule has 1 aromatic heterocycles. The molecule has 7 heteroatoms. The second-order valence-electron chi connectivity index (χ2n) is 6.08. The lowest BCUT2D eigenvalue weighted by Gasteiger charge is -2.47. The highest BCUT2D eigenvalue weighted by atomic mass is 32.1. The monoisotopic (exact) mass is 312 g/mol. The van der Waals surface area contributed by atoms with Crippen LogP contribution in [0.5, 0.6) is 0 Å². The lowest BCUT2D eigenvalue weighted by Crippen LogP contribution is -2.66. The van der Waals surface area contributed by atoms with Crippen molar-refractivity contribution in [3.8, 4) is 0 Å². The van der Waals surface area contributed by atoms with E-state index >= 15 is 0 Å². The molecule has 3 N–H and O–H groups in total. The molecule has 2 rings (SSSR count). The van der Waals surface area contributed by atoms with E-state index in [9.17, 15) is 14.7 Å². The van der Waals surface area contributed by atoms with Crippen LogP contribution in [0.15, 0.2) is 17.5 Å². The summed E-state index contributed by atoms with van der Waals surface area (Å²) in [6.45, 7) is 5.67. The average molecular weight is 312 g/mol. The molecule has 1 aliphatic heterocycles. The number of hydrogen-bond donors (Lipinski definition) is 2. The number of esters is 1. The number of rotatable bonds is 4. The molecule has 1 aliphatic rings. The third-order valence-electron chi connectivity index (χ3n) is 3.29. The Morgan fingerprint density at radius 2 is 2.19 bits per heavy atom. The quantitative estimate of drug-likeness (QED) is 0.817. The van der Waals surface area contributed by atoms with E-state index in [1.165, 1.54) is 11.3 Å². The van der Waals surface area contributed by atoms with Crippen molar-refractivity contribution in [2.75, 3.05) is 6.54 Å². The lowest BCUT2D eigenvalue weighted by atomic mass is 9.92. The van der Waals surface area contributed by atoms with Crippen LogP contribution in [0.25, 0.3) is 0 Å². The molecule has 0 spiro atoms. The van der Waals surface area contributed by atoms with Gasteiger partial charge in [-0.15, -0.1) is 11.3 Å². The molecule has 0 saturated carbocycles. The zero-order valence-electron chi connectivity index (χ0n) is 12.3. The molecule has 1 fully saturated rings. The fourth-order valence-electron chi connectivity index (χ4n) is 2.29. The summed E-state index contributed by atoms with van der Waals surface area (Å²) in [4.78, 5) is 25.8. The molecule has 6 nitrogen and oxygen atoms in total. The Balaban J connectivity index is 2.05. The molecule has 3 atom stereocenters. The fraction of sp³-hybridized carbons (Fsp3) is 0.571. The van der Waals surface area contributed by atoms with E-state index in [0.717, 1.165) is 0 Å². The number of carboxylic acid groups (broad SMARTS) is 1. The number of hydrogen-bond acceptors (Lipinski definition) is 6. The summed E-state index contributed by atoms with van der Waals surface area (Å²) in [6, 6.07) is 2.75. The Bertz CT molecular complexity index is 524. The highest BCUT2D eigenvalue weighted by Crippen LogP contribution is 2.35. The lowest BCUT2D eigenvalue weighted by molar-refractivity contribution is -0.176. The molecule has 116 valence electrons. The van der Waals surface area contributed by atoms with Gasteiger partial charge in [0.1, 0.15) is 11.6 Å². The number of aliphatic carboxylic acids is 1. The zero-order chi connectivity index (χ0) is 15.8. The number of likely N-dealkylation sites (tertiary alicyclic amines) is 1. The number of nitrogens with two attached hydrogens (primary N) is 1. The van der Waals surface area contributed by atoms with Crippen LogP contribution in [0, 0.1) is 5.92 Å². The number of nitrogens with zero attached hydrogens (tertiary/aromatic N) is 1. The van der Waals surface area contributed by atoms with Crippen molar-refractivity contribution in [3.63, 3.8) is 0 Å². The van der Waals surface area contributed by atoms with Gasteiger partial charge in [0.25, 0.3) is 0 Å². The molecular formula is C14H20N2O4S. The second-order valence-corrected chi connectivity index (χ2v) is 7.06. The molecule has 21 heavy (non-hydrogen) atoms. The molecule has 0 bridgehead atoms. The van der Waals surface area contributed by atoms with E-state index in [2.05, 4.69) is 0 Å². The first kappa shape index (κ1) is 15.9. The van der Waals surface area contributed by atoms with E-state index in [4.69, 9.17) is 10.5 Å². The summed E-state index contributed by atoms with van der Waals surface area (Å²) in [5, 5.41) is 11.2. The van der Waals surface area contributed by atoms with E-state index in [1.807, 2.05) is 5.38 Å². The molecular weight excluding hydrogens is 292 g/mol. The zero-order valence-corrected chi connectivity index (χ0v) is 13.1. The number of carboxylic acids is 1. The Hall–Kier alpha value is -1.44. The molecule has 0 aromatic carbocycles. The molecule has 2 heterocycles. The largest absolute Gasteiger partial charge is 0.480 e. The van der Waals surface area contributed by atoms with E-state index < -0.39 is 29.7 Å². The van der Waals surface area contributed by atoms with Crippen LogP contribution in [-0.4, -0.2) is 40.3 Å². The van der Waals surface area contributed by atoms with Crippen molar-refractivity contribution >= 4 is 23.3 Å². The summed E-state index contributed by atoms with van der Waals surface area (Å²) in [7, 11) is 0. The summed E-state index contributed by atoms with van der Waals surface area (Å²) < 4.78 is 5.30. The first-order chi connectivity index (χ1) is 9.70. The number of ether oxygens (including phenoxy) is 1. The summed E-state index contributed by atoms with van der Waals surface area (Å²) in [6.07, 6.45) is -0.636. The van der Waals surface area contributed by atoms with Crippen LogP contribution in [0.1, 0.15) is 31.7 Å². The predicted octanol–water partition coefficient (Wildman–Crippen LogP) is 1.43. The highest BCUT2D eigenvalue weighted by Gasteiger charge is 2.48. The van der Waals surface area contributed by atoms with Crippen molar-refractivity contribution in [3.05, 3.63) is 22.4 Å². The average Bonchev–Trinajstić information content (AvgIpc) is 2.83. The minimum Gasteiger partial charge on any atom is -0.480 e. The Labute approximate surface area is 127 Å². The smallest absolute Gasteiger partial charge is 0.326 e. The molecule has 1 aromatic rings. The van der Waals surface area contributed by atoms with Crippen LogP contribution >= 0.6 is 11.3 Å². The van der Waals surface area contributed by atoms with Crippen LogP contribution in [-0.2, 0) is 14.3 Å². The first-order valence-corrected chi connectivity index (χ1v) is 7.59. The van der Waals surface area contributed by atoms with Gasteiger partial charge in [-0.2, -0.15) is 0 Å². The van der Waals surface area contributed by atoms with E-state index in [0.29, 0.717) is 11.4 Å².